The van der Waals surface area contributed by atoms with Gasteiger partial charge in [-0.15, -0.1) is 0 Å². The Hall–Kier alpha value is -0.510. The third-order valence-corrected chi connectivity index (χ3v) is 4.79. The van der Waals surface area contributed by atoms with Crippen molar-refractivity contribution in [1.29, 1.82) is 0 Å². The summed E-state index contributed by atoms with van der Waals surface area (Å²) in [5.41, 5.74) is 1.18. The maximum atomic E-state index is 9.53. The molecule has 0 aliphatic carbocycles. The lowest BCUT2D eigenvalue weighted by molar-refractivity contribution is 0.229. The zero-order valence-corrected chi connectivity index (χ0v) is 11.1. The number of aliphatic hydroxyl groups is 1. The number of aliphatic hydroxyl groups excluding tert-OH is 1. The summed E-state index contributed by atoms with van der Waals surface area (Å²) in [6.07, 6.45) is 2.50. The van der Waals surface area contributed by atoms with Crippen molar-refractivity contribution >= 4 is 11.8 Å². The van der Waals surface area contributed by atoms with Gasteiger partial charge < -0.3 is 10.4 Å². The van der Waals surface area contributed by atoms with Crippen LogP contribution in [-0.4, -0.2) is 28.8 Å². The summed E-state index contributed by atoms with van der Waals surface area (Å²) in [6, 6.07) is 10.8. The molecule has 0 bridgehead atoms. The van der Waals surface area contributed by atoms with Gasteiger partial charge in [0, 0.05) is 11.3 Å². The van der Waals surface area contributed by atoms with Crippen LogP contribution >= 0.6 is 11.8 Å². The van der Waals surface area contributed by atoms with Crippen molar-refractivity contribution in [2.45, 2.75) is 37.1 Å². The molecule has 1 fully saturated rings. The molecule has 1 heterocycles. The van der Waals surface area contributed by atoms with Gasteiger partial charge in [-0.05, 0) is 24.2 Å². The molecular formula is C14H21NOS. The lowest BCUT2D eigenvalue weighted by Crippen LogP contribution is -2.42. The van der Waals surface area contributed by atoms with Crippen molar-refractivity contribution in [2.75, 3.05) is 12.4 Å². The normalized spacial score (nSPS) is 26.7. The molecule has 1 aromatic carbocycles. The summed E-state index contributed by atoms with van der Waals surface area (Å²) in [5.74, 6) is 1.27. The van der Waals surface area contributed by atoms with E-state index in [1.807, 2.05) is 30.0 Å². The summed E-state index contributed by atoms with van der Waals surface area (Å²) in [7, 11) is 0. The van der Waals surface area contributed by atoms with Gasteiger partial charge in [0.1, 0.15) is 0 Å². The second kappa shape index (κ2) is 6.43. The Balaban J connectivity index is 1.99. The minimum absolute atomic E-state index is 0.0716. The Morgan fingerprint density at radius 2 is 2.18 bits per heavy atom. The summed E-state index contributed by atoms with van der Waals surface area (Å²) >= 11 is 2.03. The van der Waals surface area contributed by atoms with Gasteiger partial charge in [0.2, 0.25) is 0 Å². The average molecular weight is 251 g/mol. The Labute approximate surface area is 108 Å². The Morgan fingerprint density at radius 1 is 1.41 bits per heavy atom. The predicted octanol–water partition coefficient (Wildman–Crippen LogP) is 2.59. The van der Waals surface area contributed by atoms with E-state index in [0.29, 0.717) is 11.3 Å². The number of hydrogen-bond donors (Lipinski definition) is 2. The Bertz CT molecular complexity index is 330. The van der Waals surface area contributed by atoms with Gasteiger partial charge in [-0.25, -0.2) is 0 Å². The van der Waals surface area contributed by atoms with Gasteiger partial charge in [-0.1, -0.05) is 37.3 Å². The number of rotatable bonds is 4. The molecule has 1 aliphatic heterocycles. The lowest BCUT2D eigenvalue weighted by Gasteiger charge is -2.32. The van der Waals surface area contributed by atoms with Crippen LogP contribution in [0.15, 0.2) is 30.3 Å². The van der Waals surface area contributed by atoms with Gasteiger partial charge >= 0.3 is 0 Å². The maximum absolute atomic E-state index is 9.53. The fraction of sp³-hybridized carbons (Fsp3) is 0.571. The average Bonchev–Trinajstić information content (AvgIpc) is 2.39. The van der Waals surface area contributed by atoms with E-state index < -0.39 is 0 Å². The van der Waals surface area contributed by atoms with Crippen molar-refractivity contribution in [2.24, 2.45) is 0 Å². The molecule has 1 aromatic rings. The zero-order chi connectivity index (χ0) is 12.1. The third kappa shape index (κ3) is 3.47. The van der Waals surface area contributed by atoms with Gasteiger partial charge in [0.25, 0.3) is 0 Å². The smallest absolute Gasteiger partial charge is 0.0626 e. The highest BCUT2D eigenvalue weighted by atomic mass is 32.2. The summed E-state index contributed by atoms with van der Waals surface area (Å²) in [4.78, 5) is 0. The van der Waals surface area contributed by atoms with Crippen LogP contribution in [0.1, 0.15) is 31.4 Å². The largest absolute Gasteiger partial charge is 0.394 e. The van der Waals surface area contributed by atoms with Crippen molar-refractivity contribution in [3.8, 4) is 0 Å². The van der Waals surface area contributed by atoms with E-state index in [2.05, 4.69) is 24.4 Å². The van der Waals surface area contributed by atoms with Crippen LogP contribution in [0.4, 0.5) is 0 Å². The first-order valence-electron chi connectivity index (χ1n) is 6.34. The first-order valence-corrected chi connectivity index (χ1v) is 7.39. The van der Waals surface area contributed by atoms with E-state index in [1.165, 1.54) is 24.2 Å². The van der Waals surface area contributed by atoms with E-state index in [1.54, 1.807) is 0 Å². The summed E-state index contributed by atoms with van der Waals surface area (Å²) < 4.78 is 0. The minimum Gasteiger partial charge on any atom is -0.394 e. The Kier molecular flexibility index (Phi) is 4.89. The standard InChI is InChI=1S/C14H21NOS/c1-11-13(8-5-9-17-11)15-14(10-16)12-6-3-2-4-7-12/h2-4,6-7,11,13-16H,5,8-10H2,1H3/t11?,13?,14-/m1/s1. The van der Waals surface area contributed by atoms with Gasteiger partial charge in [0.05, 0.1) is 12.6 Å². The molecule has 0 aromatic heterocycles. The molecular weight excluding hydrogens is 230 g/mol. The fourth-order valence-electron chi connectivity index (χ4n) is 2.34. The Morgan fingerprint density at radius 3 is 2.82 bits per heavy atom. The number of hydrogen-bond acceptors (Lipinski definition) is 3. The molecule has 0 saturated carbocycles. The fourth-order valence-corrected chi connectivity index (χ4v) is 3.49. The number of nitrogens with one attached hydrogen (secondary N) is 1. The van der Waals surface area contributed by atoms with Crippen LogP contribution in [0.3, 0.4) is 0 Å². The zero-order valence-electron chi connectivity index (χ0n) is 10.3. The van der Waals surface area contributed by atoms with E-state index in [9.17, 15) is 5.11 Å². The van der Waals surface area contributed by atoms with Crippen LogP contribution in [0.2, 0.25) is 0 Å². The van der Waals surface area contributed by atoms with Gasteiger partial charge in [-0.3, -0.25) is 0 Å². The molecule has 2 nitrogen and oxygen atoms in total. The number of thioether (sulfide) groups is 1. The molecule has 1 aliphatic rings. The number of benzene rings is 1. The highest BCUT2D eigenvalue weighted by Crippen LogP contribution is 2.27. The topological polar surface area (TPSA) is 32.3 Å². The van der Waals surface area contributed by atoms with Crippen LogP contribution in [-0.2, 0) is 0 Å². The van der Waals surface area contributed by atoms with Crippen LogP contribution in [0.25, 0.3) is 0 Å². The highest BCUT2D eigenvalue weighted by molar-refractivity contribution is 7.99. The first kappa shape index (κ1) is 12.9. The van der Waals surface area contributed by atoms with Crippen LogP contribution in [0.5, 0.6) is 0 Å². The maximum Gasteiger partial charge on any atom is 0.0626 e. The van der Waals surface area contributed by atoms with Crippen molar-refractivity contribution < 1.29 is 5.11 Å². The third-order valence-electron chi connectivity index (χ3n) is 3.41. The molecule has 1 saturated heterocycles. The molecule has 3 heteroatoms. The monoisotopic (exact) mass is 251 g/mol. The summed E-state index contributed by atoms with van der Waals surface area (Å²) in [5, 5.41) is 13.8. The van der Waals surface area contributed by atoms with Crippen molar-refractivity contribution in [3.63, 3.8) is 0 Å². The second-order valence-electron chi connectivity index (χ2n) is 4.64. The molecule has 17 heavy (non-hydrogen) atoms. The van der Waals surface area contributed by atoms with Crippen molar-refractivity contribution in [3.05, 3.63) is 35.9 Å². The molecule has 0 spiro atoms. The van der Waals surface area contributed by atoms with E-state index in [4.69, 9.17) is 0 Å². The van der Waals surface area contributed by atoms with E-state index >= 15 is 0 Å². The minimum atomic E-state index is 0.0716. The lowest BCUT2D eigenvalue weighted by atomic mass is 10.0. The molecule has 2 rings (SSSR count). The molecule has 2 N–H and O–H groups in total. The van der Waals surface area contributed by atoms with Gasteiger partial charge in [0.15, 0.2) is 0 Å². The molecule has 0 radical (unpaired) electrons. The van der Waals surface area contributed by atoms with Crippen molar-refractivity contribution in [1.82, 2.24) is 5.32 Å². The predicted molar refractivity (Wildman–Crippen MR) is 74.3 cm³/mol. The highest BCUT2D eigenvalue weighted by Gasteiger charge is 2.24. The SMILES string of the molecule is CC1SCCCC1N[C@H](CO)c1ccccc1. The van der Waals surface area contributed by atoms with Gasteiger partial charge in [-0.2, -0.15) is 11.8 Å². The van der Waals surface area contributed by atoms with Crippen LogP contribution in [0, 0.1) is 0 Å². The molecule has 94 valence electrons. The van der Waals surface area contributed by atoms with E-state index in [0.717, 1.165) is 0 Å². The summed E-state index contributed by atoms with van der Waals surface area (Å²) in [6.45, 7) is 2.44. The molecule has 0 amide bonds. The quantitative estimate of drug-likeness (QED) is 0.862. The van der Waals surface area contributed by atoms with E-state index in [-0.39, 0.29) is 12.6 Å². The van der Waals surface area contributed by atoms with Crippen LogP contribution < -0.4 is 5.32 Å². The molecule has 2 unspecified atom stereocenters. The second-order valence-corrected chi connectivity index (χ2v) is 6.12. The first-order chi connectivity index (χ1) is 8.31. The molecule has 3 atom stereocenters.